The first-order valence-electron chi connectivity index (χ1n) is 7.65. The van der Waals surface area contributed by atoms with E-state index in [1.807, 2.05) is 4.90 Å². The summed E-state index contributed by atoms with van der Waals surface area (Å²) in [6.07, 6.45) is 0. The normalized spacial score (nSPS) is 16.4. The number of nitrogens with zero attached hydrogens (tertiary/aromatic N) is 2. The Kier molecular flexibility index (Phi) is 4.80. The van der Waals surface area contributed by atoms with Crippen molar-refractivity contribution in [3.8, 4) is 0 Å². The van der Waals surface area contributed by atoms with E-state index in [-0.39, 0.29) is 10.7 Å². The van der Waals surface area contributed by atoms with Crippen LogP contribution in [0, 0.1) is 12.7 Å². The second kappa shape index (κ2) is 6.70. The van der Waals surface area contributed by atoms with Crippen LogP contribution in [0.25, 0.3) is 0 Å². The second-order valence-corrected chi connectivity index (χ2v) is 8.10. The minimum absolute atomic E-state index is 0.240. The van der Waals surface area contributed by atoms with Crippen LogP contribution in [0.5, 0.6) is 0 Å². The number of aryl methyl sites for hydroxylation is 1. The topological polar surface area (TPSA) is 40.6 Å². The predicted molar refractivity (Wildman–Crippen MR) is 93.6 cm³/mol. The second-order valence-electron chi connectivity index (χ2n) is 5.75. The minimum Gasteiger partial charge on any atom is -0.367 e. The lowest BCUT2D eigenvalue weighted by molar-refractivity contribution is 0.383. The molecule has 1 saturated heterocycles. The monoisotopic (exact) mass is 368 g/mol. The van der Waals surface area contributed by atoms with E-state index in [1.165, 1.54) is 16.4 Å². The number of hydrogen-bond acceptors (Lipinski definition) is 3. The van der Waals surface area contributed by atoms with Gasteiger partial charge in [0.15, 0.2) is 0 Å². The van der Waals surface area contributed by atoms with Crippen LogP contribution in [0.4, 0.5) is 10.1 Å². The van der Waals surface area contributed by atoms with E-state index in [2.05, 4.69) is 0 Å². The van der Waals surface area contributed by atoms with Crippen molar-refractivity contribution < 1.29 is 12.8 Å². The van der Waals surface area contributed by atoms with Gasteiger partial charge < -0.3 is 4.90 Å². The van der Waals surface area contributed by atoms with Crippen LogP contribution in [0.1, 0.15) is 5.56 Å². The molecule has 0 N–H and O–H groups in total. The SMILES string of the molecule is Cc1cc(S(=O)(=O)N2CCN(c3ccccc3F)CC2)ccc1Cl. The molecule has 0 atom stereocenters. The number of halogens is 2. The molecule has 0 spiro atoms. The van der Waals surface area contributed by atoms with Gasteiger partial charge in [-0.1, -0.05) is 23.7 Å². The summed E-state index contributed by atoms with van der Waals surface area (Å²) in [5.74, 6) is -0.290. The van der Waals surface area contributed by atoms with Crippen LogP contribution in [0.15, 0.2) is 47.4 Å². The molecule has 0 saturated carbocycles. The number of rotatable bonds is 3. The van der Waals surface area contributed by atoms with Gasteiger partial charge in [0.05, 0.1) is 10.6 Å². The van der Waals surface area contributed by atoms with Crippen LogP contribution in [-0.4, -0.2) is 38.9 Å². The van der Waals surface area contributed by atoms with Crippen molar-refractivity contribution in [3.63, 3.8) is 0 Å². The zero-order chi connectivity index (χ0) is 17.3. The third-order valence-corrected chi connectivity index (χ3v) is 6.52. The number of anilines is 1. The Balaban J connectivity index is 1.76. The van der Waals surface area contributed by atoms with E-state index in [0.717, 1.165) is 5.56 Å². The summed E-state index contributed by atoms with van der Waals surface area (Å²) in [6.45, 7) is 3.31. The van der Waals surface area contributed by atoms with Crippen LogP contribution < -0.4 is 4.90 Å². The molecule has 1 heterocycles. The molecular weight excluding hydrogens is 351 g/mol. The fourth-order valence-electron chi connectivity index (χ4n) is 2.80. The third-order valence-electron chi connectivity index (χ3n) is 4.20. The van der Waals surface area contributed by atoms with Gasteiger partial charge in [0.25, 0.3) is 0 Å². The van der Waals surface area contributed by atoms with E-state index >= 15 is 0 Å². The average Bonchev–Trinajstić information content (AvgIpc) is 2.58. The highest BCUT2D eigenvalue weighted by Crippen LogP contribution is 2.25. The molecule has 0 aromatic heterocycles. The summed E-state index contributed by atoms with van der Waals surface area (Å²) >= 11 is 5.97. The van der Waals surface area contributed by atoms with Gasteiger partial charge in [-0.15, -0.1) is 0 Å². The molecular formula is C17H18ClFN2O2S. The molecule has 1 fully saturated rings. The highest BCUT2D eigenvalue weighted by atomic mass is 35.5. The van der Waals surface area contributed by atoms with Gasteiger partial charge in [-0.25, -0.2) is 12.8 Å². The van der Waals surface area contributed by atoms with E-state index < -0.39 is 10.0 Å². The van der Waals surface area contributed by atoms with E-state index in [4.69, 9.17) is 11.6 Å². The highest BCUT2D eigenvalue weighted by molar-refractivity contribution is 7.89. The summed E-state index contributed by atoms with van der Waals surface area (Å²) in [5, 5.41) is 0.540. The van der Waals surface area contributed by atoms with E-state index in [1.54, 1.807) is 37.3 Å². The molecule has 2 aromatic carbocycles. The molecule has 1 aliphatic heterocycles. The lowest BCUT2D eigenvalue weighted by Crippen LogP contribution is -2.48. The van der Waals surface area contributed by atoms with Crippen molar-refractivity contribution in [3.05, 3.63) is 58.9 Å². The van der Waals surface area contributed by atoms with Crippen molar-refractivity contribution in [1.29, 1.82) is 0 Å². The van der Waals surface area contributed by atoms with Crippen molar-refractivity contribution in [1.82, 2.24) is 4.31 Å². The summed E-state index contributed by atoms with van der Waals surface area (Å²) < 4.78 is 40.8. The first-order chi connectivity index (χ1) is 11.4. The molecule has 0 bridgehead atoms. The van der Waals surface area contributed by atoms with Gasteiger partial charge in [-0.3, -0.25) is 0 Å². The zero-order valence-corrected chi connectivity index (χ0v) is 14.8. The Morgan fingerprint density at radius 2 is 1.71 bits per heavy atom. The highest BCUT2D eigenvalue weighted by Gasteiger charge is 2.29. The fraction of sp³-hybridized carbons (Fsp3) is 0.294. The number of para-hydroxylation sites is 1. The average molecular weight is 369 g/mol. The number of benzene rings is 2. The summed E-state index contributed by atoms with van der Waals surface area (Å²) in [5.41, 5.74) is 1.24. The van der Waals surface area contributed by atoms with Crippen LogP contribution in [-0.2, 0) is 10.0 Å². The molecule has 0 amide bonds. The first-order valence-corrected chi connectivity index (χ1v) is 9.47. The minimum atomic E-state index is -3.56. The molecule has 7 heteroatoms. The maximum absolute atomic E-state index is 13.9. The Morgan fingerprint density at radius 3 is 2.33 bits per heavy atom. The van der Waals surface area contributed by atoms with Gasteiger partial charge in [0, 0.05) is 31.2 Å². The molecule has 2 aromatic rings. The zero-order valence-electron chi connectivity index (χ0n) is 13.2. The van der Waals surface area contributed by atoms with Crippen LogP contribution in [0.2, 0.25) is 5.02 Å². The Hall–Kier alpha value is -1.63. The lowest BCUT2D eigenvalue weighted by Gasteiger charge is -2.35. The number of piperazine rings is 1. The summed E-state index contributed by atoms with van der Waals surface area (Å²) in [7, 11) is -3.56. The smallest absolute Gasteiger partial charge is 0.243 e. The predicted octanol–water partition coefficient (Wildman–Crippen LogP) is 3.30. The van der Waals surface area contributed by atoms with Gasteiger partial charge in [-0.2, -0.15) is 4.31 Å². The molecule has 0 unspecified atom stereocenters. The van der Waals surface area contributed by atoms with Gasteiger partial charge in [0.1, 0.15) is 5.82 Å². The maximum atomic E-state index is 13.9. The maximum Gasteiger partial charge on any atom is 0.243 e. The van der Waals surface area contributed by atoms with Gasteiger partial charge in [-0.05, 0) is 42.8 Å². The molecule has 24 heavy (non-hydrogen) atoms. The molecule has 1 aliphatic rings. The molecule has 4 nitrogen and oxygen atoms in total. The summed E-state index contributed by atoms with van der Waals surface area (Å²) in [4.78, 5) is 2.11. The lowest BCUT2D eigenvalue weighted by atomic mass is 10.2. The van der Waals surface area contributed by atoms with Crippen LogP contribution >= 0.6 is 11.6 Å². The number of hydrogen-bond donors (Lipinski definition) is 0. The molecule has 0 radical (unpaired) electrons. The quantitative estimate of drug-likeness (QED) is 0.834. The van der Waals surface area contributed by atoms with Crippen molar-refractivity contribution >= 4 is 27.3 Å². The largest absolute Gasteiger partial charge is 0.367 e. The van der Waals surface area contributed by atoms with E-state index in [0.29, 0.717) is 36.9 Å². The van der Waals surface area contributed by atoms with Crippen molar-refractivity contribution in [2.75, 3.05) is 31.1 Å². The van der Waals surface area contributed by atoms with Gasteiger partial charge >= 0.3 is 0 Å². The van der Waals surface area contributed by atoms with E-state index in [9.17, 15) is 12.8 Å². The molecule has 3 rings (SSSR count). The van der Waals surface area contributed by atoms with Crippen molar-refractivity contribution in [2.45, 2.75) is 11.8 Å². The molecule has 0 aliphatic carbocycles. The summed E-state index contributed by atoms with van der Waals surface area (Å²) in [6, 6.07) is 11.2. The first kappa shape index (κ1) is 17.2. The Bertz CT molecular complexity index is 849. The van der Waals surface area contributed by atoms with Crippen LogP contribution in [0.3, 0.4) is 0 Å². The van der Waals surface area contributed by atoms with Gasteiger partial charge in [0.2, 0.25) is 10.0 Å². The molecule has 128 valence electrons. The Morgan fingerprint density at radius 1 is 1.04 bits per heavy atom. The number of sulfonamides is 1. The third kappa shape index (κ3) is 3.27. The van der Waals surface area contributed by atoms with Crippen molar-refractivity contribution in [2.24, 2.45) is 0 Å². The Labute approximate surface area is 146 Å². The standard InChI is InChI=1S/C17H18ClFN2O2S/c1-13-12-14(6-7-15(13)18)24(22,23)21-10-8-20(9-11-21)17-5-3-2-4-16(17)19/h2-7,12H,8-11H2,1H3. The fourth-order valence-corrected chi connectivity index (χ4v) is 4.43.